The fourth-order valence-electron chi connectivity index (χ4n) is 1.84. The van der Waals surface area contributed by atoms with Crippen molar-refractivity contribution in [2.24, 2.45) is 0 Å². The van der Waals surface area contributed by atoms with Gasteiger partial charge >= 0.3 is 5.97 Å². The predicted molar refractivity (Wildman–Crippen MR) is 69.3 cm³/mol. The van der Waals surface area contributed by atoms with Crippen LogP contribution in [0.15, 0.2) is 12.1 Å². The minimum Gasteiger partial charge on any atom is -0.508 e. The summed E-state index contributed by atoms with van der Waals surface area (Å²) in [6, 6.07) is 3.38. The van der Waals surface area contributed by atoms with Crippen molar-refractivity contribution >= 4 is 5.97 Å². The first-order chi connectivity index (χ1) is 8.25. The summed E-state index contributed by atoms with van der Waals surface area (Å²) in [5.41, 5.74) is 1.31. The second kappa shape index (κ2) is 5.29. The SMILES string of the molecule is COc1cc(C(C)(C)C)c(O)cc1CCC(=O)O. The predicted octanol–water partition coefficient (Wildman–Crippen LogP) is 2.72. The van der Waals surface area contributed by atoms with Gasteiger partial charge in [-0.15, -0.1) is 0 Å². The fourth-order valence-corrected chi connectivity index (χ4v) is 1.84. The highest BCUT2D eigenvalue weighted by Gasteiger charge is 2.21. The number of carboxylic acid groups (broad SMARTS) is 1. The largest absolute Gasteiger partial charge is 0.508 e. The van der Waals surface area contributed by atoms with E-state index in [1.807, 2.05) is 20.8 Å². The van der Waals surface area contributed by atoms with Crippen molar-refractivity contribution in [3.05, 3.63) is 23.3 Å². The summed E-state index contributed by atoms with van der Waals surface area (Å²) >= 11 is 0. The molecule has 1 aromatic carbocycles. The fraction of sp³-hybridized carbons (Fsp3) is 0.500. The zero-order chi connectivity index (χ0) is 13.9. The van der Waals surface area contributed by atoms with Gasteiger partial charge in [0, 0.05) is 12.0 Å². The zero-order valence-corrected chi connectivity index (χ0v) is 11.3. The molecule has 0 atom stereocenters. The molecule has 0 aliphatic carbocycles. The lowest BCUT2D eigenvalue weighted by Gasteiger charge is -2.22. The second-order valence-electron chi connectivity index (χ2n) is 5.32. The van der Waals surface area contributed by atoms with E-state index in [2.05, 4.69) is 0 Å². The Morgan fingerprint density at radius 1 is 1.33 bits per heavy atom. The topological polar surface area (TPSA) is 66.8 Å². The van der Waals surface area contributed by atoms with Gasteiger partial charge in [-0.25, -0.2) is 0 Å². The normalized spacial score (nSPS) is 11.3. The highest BCUT2D eigenvalue weighted by molar-refractivity contribution is 5.67. The maximum Gasteiger partial charge on any atom is 0.303 e. The Labute approximate surface area is 107 Å². The van der Waals surface area contributed by atoms with Gasteiger partial charge < -0.3 is 14.9 Å². The highest BCUT2D eigenvalue weighted by Crippen LogP contribution is 2.36. The number of ether oxygens (including phenoxy) is 1. The number of aryl methyl sites for hydroxylation is 1. The number of benzene rings is 1. The lowest BCUT2D eigenvalue weighted by molar-refractivity contribution is -0.136. The van der Waals surface area contributed by atoms with Gasteiger partial charge in [0.1, 0.15) is 11.5 Å². The third-order valence-electron chi connectivity index (χ3n) is 2.81. The van der Waals surface area contributed by atoms with Crippen LogP contribution in [-0.4, -0.2) is 23.3 Å². The van der Waals surface area contributed by atoms with Crippen LogP contribution in [-0.2, 0) is 16.6 Å². The molecular formula is C14H20O4. The first-order valence-corrected chi connectivity index (χ1v) is 5.88. The van der Waals surface area contributed by atoms with Crippen molar-refractivity contribution in [3.8, 4) is 11.5 Å². The van der Waals surface area contributed by atoms with Gasteiger partial charge in [0.2, 0.25) is 0 Å². The van der Waals surface area contributed by atoms with Crippen LogP contribution in [0.3, 0.4) is 0 Å². The number of hydrogen-bond donors (Lipinski definition) is 2. The van der Waals surface area contributed by atoms with Crippen molar-refractivity contribution in [3.63, 3.8) is 0 Å². The second-order valence-corrected chi connectivity index (χ2v) is 5.32. The summed E-state index contributed by atoms with van der Waals surface area (Å²) in [5.74, 6) is -0.0564. The Balaban J connectivity index is 3.14. The minimum absolute atomic E-state index is 0.0185. The molecule has 0 bridgehead atoms. The molecule has 0 radical (unpaired) electrons. The van der Waals surface area contributed by atoms with Crippen LogP contribution in [0.4, 0.5) is 0 Å². The third kappa shape index (κ3) is 3.39. The minimum atomic E-state index is -0.864. The summed E-state index contributed by atoms with van der Waals surface area (Å²) in [7, 11) is 1.54. The van der Waals surface area contributed by atoms with Crippen molar-refractivity contribution in [1.29, 1.82) is 0 Å². The molecule has 18 heavy (non-hydrogen) atoms. The number of aliphatic carboxylic acids is 1. The Morgan fingerprint density at radius 3 is 2.39 bits per heavy atom. The Hall–Kier alpha value is -1.71. The molecular weight excluding hydrogens is 232 g/mol. The van der Waals surface area contributed by atoms with Gasteiger partial charge in [-0.05, 0) is 29.5 Å². The van der Waals surface area contributed by atoms with Crippen molar-refractivity contribution in [2.45, 2.75) is 39.0 Å². The molecule has 0 amide bonds. The van der Waals surface area contributed by atoms with E-state index in [1.165, 1.54) is 0 Å². The number of hydrogen-bond acceptors (Lipinski definition) is 3. The van der Waals surface area contributed by atoms with Gasteiger partial charge in [0.05, 0.1) is 7.11 Å². The van der Waals surface area contributed by atoms with Crippen LogP contribution in [0, 0.1) is 0 Å². The first-order valence-electron chi connectivity index (χ1n) is 5.88. The zero-order valence-electron chi connectivity index (χ0n) is 11.3. The lowest BCUT2D eigenvalue weighted by atomic mass is 9.85. The molecule has 1 aromatic rings. The van der Waals surface area contributed by atoms with Crippen LogP contribution in [0.1, 0.15) is 38.3 Å². The van der Waals surface area contributed by atoms with E-state index in [1.54, 1.807) is 19.2 Å². The number of phenols is 1. The Morgan fingerprint density at radius 2 is 1.94 bits per heavy atom. The number of carboxylic acids is 1. The Bertz CT molecular complexity index is 444. The molecule has 4 nitrogen and oxygen atoms in total. The van der Waals surface area contributed by atoms with Crippen molar-refractivity contribution < 1.29 is 19.7 Å². The average molecular weight is 252 g/mol. The highest BCUT2D eigenvalue weighted by atomic mass is 16.5. The monoisotopic (exact) mass is 252 g/mol. The van der Waals surface area contributed by atoms with E-state index in [0.717, 1.165) is 5.56 Å². The smallest absolute Gasteiger partial charge is 0.303 e. The number of aromatic hydroxyl groups is 1. The molecule has 0 aliphatic rings. The van der Waals surface area contributed by atoms with Crippen molar-refractivity contribution in [1.82, 2.24) is 0 Å². The van der Waals surface area contributed by atoms with Gasteiger partial charge in [-0.2, -0.15) is 0 Å². The van der Waals surface area contributed by atoms with E-state index in [0.29, 0.717) is 17.7 Å². The number of rotatable bonds is 4. The molecule has 0 saturated heterocycles. The van der Waals surface area contributed by atoms with E-state index >= 15 is 0 Å². The van der Waals surface area contributed by atoms with E-state index < -0.39 is 5.97 Å². The van der Waals surface area contributed by atoms with Gasteiger partial charge in [0.15, 0.2) is 0 Å². The number of carbonyl (C=O) groups is 1. The van der Waals surface area contributed by atoms with E-state index in [9.17, 15) is 9.90 Å². The summed E-state index contributed by atoms with van der Waals surface area (Å²) in [6.45, 7) is 6.00. The van der Waals surface area contributed by atoms with Gasteiger partial charge in [0.25, 0.3) is 0 Å². The molecule has 4 heteroatoms. The van der Waals surface area contributed by atoms with E-state index in [-0.39, 0.29) is 17.6 Å². The molecule has 100 valence electrons. The average Bonchev–Trinajstić information content (AvgIpc) is 2.24. The van der Waals surface area contributed by atoms with Crippen LogP contribution in [0.25, 0.3) is 0 Å². The number of phenolic OH excluding ortho intramolecular Hbond substituents is 1. The van der Waals surface area contributed by atoms with Crippen LogP contribution >= 0.6 is 0 Å². The van der Waals surface area contributed by atoms with Crippen LogP contribution in [0.5, 0.6) is 11.5 Å². The van der Waals surface area contributed by atoms with Crippen LogP contribution < -0.4 is 4.74 Å². The maximum absolute atomic E-state index is 10.6. The lowest BCUT2D eigenvalue weighted by Crippen LogP contribution is -2.12. The van der Waals surface area contributed by atoms with Gasteiger partial charge in [-0.1, -0.05) is 20.8 Å². The molecule has 0 saturated carbocycles. The standard InChI is InChI=1S/C14H20O4/c1-14(2,3)10-8-12(18-4)9(7-11(10)15)5-6-13(16)17/h7-8,15H,5-6H2,1-4H3,(H,16,17). The molecule has 2 N–H and O–H groups in total. The first kappa shape index (κ1) is 14.4. The summed E-state index contributed by atoms with van der Waals surface area (Å²) < 4.78 is 5.26. The van der Waals surface area contributed by atoms with Gasteiger partial charge in [-0.3, -0.25) is 4.79 Å². The van der Waals surface area contributed by atoms with Crippen LogP contribution in [0.2, 0.25) is 0 Å². The molecule has 0 fully saturated rings. The quantitative estimate of drug-likeness (QED) is 0.864. The molecule has 0 aromatic heterocycles. The van der Waals surface area contributed by atoms with E-state index in [4.69, 9.17) is 9.84 Å². The van der Waals surface area contributed by atoms with Crippen molar-refractivity contribution in [2.75, 3.05) is 7.11 Å². The maximum atomic E-state index is 10.6. The number of methoxy groups -OCH3 is 1. The summed E-state index contributed by atoms with van der Waals surface area (Å²) in [5, 5.41) is 18.7. The molecule has 0 spiro atoms. The molecule has 0 aliphatic heterocycles. The summed E-state index contributed by atoms with van der Waals surface area (Å²) in [6.07, 6.45) is 0.362. The molecule has 0 heterocycles. The molecule has 1 rings (SSSR count). The Kier molecular flexibility index (Phi) is 4.22. The third-order valence-corrected chi connectivity index (χ3v) is 2.81. The molecule has 0 unspecified atom stereocenters. The summed E-state index contributed by atoms with van der Waals surface area (Å²) in [4.78, 5) is 10.6.